The molecular formula is C26H36O8. The van der Waals surface area contributed by atoms with Crippen LogP contribution in [0.25, 0.3) is 0 Å². The van der Waals surface area contributed by atoms with Gasteiger partial charge in [0.25, 0.3) is 0 Å². The number of ether oxygens (including phenoxy) is 4. The normalized spacial score (nSPS) is 26.1. The first-order chi connectivity index (χ1) is 16.3. The molecule has 0 amide bonds. The van der Waals surface area contributed by atoms with Gasteiger partial charge in [-0.1, -0.05) is 12.1 Å². The highest BCUT2D eigenvalue weighted by molar-refractivity contribution is 5.51. The van der Waals surface area contributed by atoms with Gasteiger partial charge in [-0.05, 0) is 66.1 Å². The molecule has 1 saturated heterocycles. The molecule has 1 aliphatic heterocycles. The number of rotatable bonds is 5. The number of phenols is 1. The fourth-order valence-corrected chi connectivity index (χ4v) is 4.69. The number of methoxy groups -OCH3 is 3. The molecule has 0 bridgehead atoms. The smallest absolute Gasteiger partial charge is 0.183 e. The molecule has 2 aromatic rings. The predicted octanol–water partition coefficient (Wildman–Crippen LogP) is 2.51. The lowest BCUT2D eigenvalue weighted by molar-refractivity contribution is -0.224. The molecule has 8 heteroatoms. The van der Waals surface area contributed by atoms with Crippen molar-refractivity contribution >= 4 is 0 Å². The van der Waals surface area contributed by atoms with Gasteiger partial charge >= 0.3 is 0 Å². The highest BCUT2D eigenvalue weighted by atomic mass is 16.7. The predicted molar refractivity (Wildman–Crippen MR) is 127 cm³/mol. The maximum absolute atomic E-state index is 9.86. The van der Waals surface area contributed by atoms with Crippen molar-refractivity contribution in [3.63, 3.8) is 0 Å². The number of phenolic OH excluding ortho intramolecular Hbond substituents is 1. The average Bonchev–Trinajstić information content (AvgIpc) is 2.84. The highest BCUT2D eigenvalue weighted by Gasteiger charge is 2.30. The Morgan fingerprint density at radius 3 is 2.35 bits per heavy atom. The van der Waals surface area contributed by atoms with E-state index in [4.69, 9.17) is 29.2 Å². The third-order valence-electron chi connectivity index (χ3n) is 6.49. The van der Waals surface area contributed by atoms with Gasteiger partial charge in [0.15, 0.2) is 17.8 Å². The third kappa shape index (κ3) is 6.00. The van der Waals surface area contributed by atoms with Crippen LogP contribution in [0.15, 0.2) is 30.3 Å². The van der Waals surface area contributed by atoms with Gasteiger partial charge in [-0.25, -0.2) is 0 Å². The van der Waals surface area contributed by atoms with Crippen LogP contribution in [0, 0.1) is 12.8 Å². The summed E-state index contributed by atoms with van der Waals surface area (Å²) in [6, 6.07) is 9.78. The van der Waals surface area contributed by atoms with Crippen LogP contribution in [-0.4, -0.2) is 73.5 Å². The molecule has 1 aliphatic carbocycles. The van der Waals surface area contributed by atoms with Crippen molar-refractivity contribution in [2.75, 3.05) is 34.5 Å². The molecule has 5 atom stereocenters. The minimum absolute atomic E-state index is 0.141. The number of fused-ring (bicyclic) bond motifs is 1. The standard InChI is InChI=1S/C20H24O4.C6H12O4/c1-12-6-16-15(10-19(12)23-2)7-13(11-21)8-17(16)14-4-5-18(22)20(9-14)24-3;1-9-6-5(8)2-4(7)3-10-6/h4-6,9-10,13,17,21-22H,7-8,11H2,1-3H3;4-8H,2-3H2,1H3/t13-,17+;4-,5+,6+/m00/s1. The first-order valence-electron chi connectivity index (χ1n) is 11.5. The molecule has 8 nitrogen and oxygen atoms in total. The summed E-state index contributed by atoms with van der Waals surface area (Å²) in [4.78, 5) is 0. The molecule has 0 saturated carbocycles. The van der Waals surface area contributed by atoms with Gasteiger partial charge in [0.1, 0.15) is 11.9 Å². The lowest BCUT2D eigenvalue weighted by atomic mass is 9.73. The molecule has 2 aliphatic rings. The summed E-state index contributed by atoms with van der Waals surface area (Å²) in [5.41, 5.74) is 4.69. The third-order valence-corrected chi connectivity index (χ3v) is 6.49. The van der Waals surface area contributed by atoms with E-state index in [1.165, 1.54) is 18.2 Å². The van der Waals surface area contributed by atoms with E-state index >= 15 is 0 Å². The minimum atomic E-state index is -0.700. The molecule has 4 N–H and O–H groups in total. The van der Waals surface area contributed by atoms with Crippen molar-refractivity contribution in [2.24, 2.45) is 5.92 Å². The van der Waals surface area contributed by atoms with E-state index in [9.17, 15) is 10.2 Å². The molecule has 188 valence electrons. The number of aliphatic hydroxyl groups excluding tert-OH is 3. The molecule has 0 radical (unpaired) electrons. The Morgan fingerprint density at radius 2 is 1.74 bits per heavy atom. The highest BCUT2D eigenvalue weighted by Crippen LogP contribution is 2.43. The Labute approximate surface area is 200 Å². The van der Waals surface area contributed by atoms with Gasteiger partial charge in [-0.3, -0.25) is 0 Å². The van der Waals surface area contributed by atoms with Crippen LogP contribution in [0.2, 0.25) is 0 Å². The second-order valence-corrected chi connectivity index (χ2v) is 8.89. The summed E-state index contributed by atoms with van der Waals surface area (Å²) in [7, 11) is 4.70. The summed E-state index contributed by atoms with van der Waals surface area (Å²) in [5.74, 6) is 1.89. The minimum Gasteiger partial charge on any atom is -0.504 e. The number of aliphatic hydroxyl groups is 3. The second-order valence-electron chi connectivity index (χ2n) is 8.89. The van der Waals surface area contributed by atoms with Crippen molar-refractivity contribution < 1.29 is 39.4 Å². The zero-order valence-electron chi connectivity index (χ0n) is 20.2. The van der Waals surface area contributed by atoms with Crippen molar-refractivity contribution in [1.29, 1.82) is 0 Å². The maximum atomic E-state index is 9.86. The summed E-state index contributed by atoms with van der Waals surface area (Å²) in [5, 5.41) is 37.7. The molecule has 34 heavy (non-hydrogen) atoms. The van der Waals surface area contributed by atoms with Crippen LogP contribution in [-0.2, 0) is 15.9 Å². The molecule has 0 aromatic heterocycles. The molecule has 2 aromatic carbocycles. The van der Waals surface area contributed by atoms with E-state index < -0.39 is 18.5 Å². The van der Waals surface area contributed by atoms with E-state index in [0.29, 0.717) is 12.2 Å². The molecule has 0 unspecified atom stereocenters. The van der Waals surface area contributed by atoms with Crippen molar-refractivity contribution in [1.82, 2.24) is 0 Å². The number of hydrogen-bond donors (Lipinski definition) is 4. The Hall–Kier alpha value is -2.36. The van der Waals surface area contributed by atoms with Crippen molar-refractivity contribution in [2.45, 2.75) is 50.6 Å². The lowest BCUT2D eigenvalue weighted by Crippen LogP contribution is -2.41. The van der Waals surface area contributed by atoms with Gasteiger partial charge in [0, 0.05) is 26.1 Å². The van der Waals surface area contributed by atoms with Crippen LogP contribution in [0.4, 0.5) is 0 Å². The number of aryl methyl sites for hydroxylation is 1. The van der Waals surface area contributed by atoms with Crippen LogP contribution >= 0.6 is 0 Å². The van der Waals surface area contributed by atoms with Gasteiger partial charge < -0.3 is 39.4 Å². The fourth-order valence-electron chi connectivity index (χ4n) is 4.69. The molecule has 1 fully saturated rings. The van der Waals surface area contributed by atoms with Crippen molar-refractivity contribution in [3.8, 4) is 17.2 Å². The molecule has 0 spiro atoms. The Bertz CT molecular complexity index is 947. The van der Waals surface area contributed by atoms with E-state index in [-0.39, 0.29) is 30.8 Å². The summed E-state index contributed by atoms with van der Waals surface area (Å²) in [6.45, 7) is 2.46. The number of aromatic hydroxyl groups is 1. The quantitative estimate of drug-likeness (QED) is 0.520. The zero-order valence-corrected chi connectivity index (χ0v) is 20.2. The SMILES string of the molecule is CO[C@@H]1OC[C@@H](O)C[C@H]1O.COc1cc2c(cc1C)[C@@H](c1ccc(O)c(OC)c1)C[C@@H](CO)C2. The largest absolute Gasteiger partial charge is 0.504 e. The van der Waals surface area contributed by atoms with Gasteiger partial charge in [0.2, 0.25) is 0 Å². The van der Waals surface area contributed by atoms with E-state index in [0.717, 1.165) is 29.7 Å². The van der Waals surface area contributed by atoms with Gasteiger partial charge in [0.05, 0.1) is 26.9 Å². The first-order valence-corrected chi connectivity index (χ1v) is 11.5. The average molecular weight is 477 g/mol. The van der Waals surface area contributed by atoms with E-state index in [1.807, 2.05) is 19.1 Å². The Kier molecular flexibility index (Phi) is 9.16. The van der Waals surface area contributed by atoms with Gasteiger partial charge in [-0.15, -0.1) is 0 Å². The molecule has 4 rings (SSSR count). The topological polar surface area (TPSA) is 118 Å². The zero-order chi connectivity index (χ0) is 24.8. The maximum Gasteiger partial charge on any atom is 0.183 e. The van der Waals surface area contributed by atoms with Gasteiger partial charge in [-0.2, -0.15) is 0 Å². The van der Waals surface area contributed by atoms with Crippen LogP contribution < -0.4 is 9.47 Å². The first kappa shape index (κ1) is 26.2. The number of hydrogen-bond acceptors (Lipinski definition) is 8. The summed E-state index contributed by atoms with van der Waals surface area (Å²) in [6.07, 6.45) is 0.245. The monoisotopic (exact) mass is 476 g/mol. The fraction of sp³-hybridized carbons (Fsp3) is 0.538. The summed E-state index contributed by atoms with van der Waals surface area (Å²) < 4.78 is 20.4. The van der Waals surface area contributed by atoms with E-state index in [2.05, 4.69) is 12.1 Å². The Morgan fingerprint density at radius 1 is 1.00 bits per heavy atom. The van der Waals surface area contributed by atoms with E-state index in [1.54, 1.807) is 20.3 Å². The van der Waals surface area contributed by atoms with Crippen LogP contribution in [0.5, 0.6) is 17.2 Å². The second kappa shape index (κ2) is 11.9. The van der Waals surface area contributed by atoms with Crippen LogP contribution in [0.3, 0.4) is 0 Å². The summed E-state index contributed by atoms with van der Waals surface area (Å²) >= 11 is 0. The Balaban J connectivity index is 0.000000271. The van der Waals surface area contributed by atoms with Crippen molar-refractivity contribution in [3.05, 3.63) is 52.6 Å². The van der Waals surface area contributed by atoms with Crippen LogP contribution in [0.1, 0.15) is 41.0 Å². The molecular weight excluding hydrogens is 440 g/mol. The lowest BCUT2D eigenvalue weighted by Gasteiger charge is -2.32. The number of benzene rings is 2. The molecule has 1 heterocycles.